The van der Waals surface area contributed by atoms with E-state index in [2.05, 4.69) is 0 Å². The van der Waals surface area contributed by atoms with Gasteiger partial charge in [-0.3, -0.25) is 0 Å². The van der Waals surface area contributed by atoms with Gasteiger partial charge >= 0.3 is 34.4 Å². The molecule has 7 heavy (non-hydrogen) atoms. The van der Waals surface area contributed by atoms with Crippen molar-refractivity contribution in [1.29, 1.82) is 0 Å². The summed E-state index contributed by atoms with van der Waals surface area (Å²) in [4.78, 5) is 21.6. The maximum absolute atomic E-state index is 8.88. The first-order chi connectivity index (χ1) is 2.00. The molecule has 0 unspecified atom stereocenters. The quantitative estimate of drug-likeness (QED) is 0.397. The second-order valence-electron chi connectivity index (χ2n) is 0.513. The third-order valence-corrected chi connectivity index (χ3v) is 0. The van der Waals surface area contributed by atoms with Crippen molar-refractivity contribution >= 4 is 34.4 Å². The molecule has 5 nitrogen and oxygen atoms in total. The van der Waals surface area contributed by atoms with Gasteiger partial charge in [0.2, 0.25) is 0 Å². The summed E-state index contributed by atoms with van der Waals surface area (Å²) in [6, 6.07) is 0. The Morgan fingerprint density at radius 2 is 1.14 bits per heavy atom. The molecular formula is H8NO4PPo. The summed E-state index contributed by atoms with van der Waals surface area (Å²) in [6.07, 6.45) is 0. The molecule has 6 N–H and O–H groups in total. The predicted octanol–water partition coefficient (Wildman–Crippen LogP) is -1.68. The van der Waals surface area contributed by atoms with Gasteiger partial charge in [0.25, 0.3) is 0 Å². The number of hydrogen-bond acceptors (Lipinski definition) is 2. The normalized spacial score (nSPS) is 8.43. The van der Waals surface area contributed by atoms with Crippen LogP contribution in [0.1, 0.15) is 0 Å². The van der Waals surface area contributed by atoms with Crippen LogP contribution in [0.2, 0.25) is 0 Å². The van der Waals surface area contributed by atoms with Gasteiger partial charge in [-0.25, -0.2) is 4.57 Å². The molecule has 0 bridgehead atoms. The molecule has 0 atom stereocenters. The molecule has 0 aliphatic carbocycles. The standard InChI is InChI=1S/H3N.H3O4P.Po.2H/c;1-5(2,3)4;;;/h1H3;(H3,1,2,3,4);;;. The number of phosphoric acid groups is 1. The maximum atomic E-state index is 8.88. The minimum atomic E-state index is -4.64. The third-order valence-electron chi connectivity index (χ3n) is 0. The van der Waals surface area contributed by atoms with E-state index >= 15 is 0 Å². The van der Waals surface area contributed by atoms with E-state index in [9.17, 15) is 0 Å². The van der Waals surface area contributed by atoms with Gasteiger partial charge in [-0.15, -0.1) is 0 Å². The monoisotopic (exact) mass is 326 g/mol. The Kier molecular flexibility index (Phi) is 11.4. The second kappa shape index (κ2) is 5.11. The third kappa shape index (κ3) is 184. The fourth-order valence-corrected chi connectivity index (χ4v) is 0. The van der Waals surface area contributed by atoms with Gasteiger partial charge < -0.3 is 20.8 Å². The van der Waals surface area contributed by atoms with Gasteiger partial charge in [0, 0.05) is 0 Å². The Morgan fingerprint density at radius 1 is 1.14 bits per heavy atom. The van der Waals surface area contributed by atoms with Crippen LogP contribution in [0.25, 0.3) is 0 Å². The summed E-state index contributed by atoms with van der Waals surface area (Å²) in [6.45, 7) is 0. The van der Waals surface area contributed by atoms with Crippen molar-refractivity contribution < 1.29 is 19.2 Å². The zero-order valence-corrected chi connectivity index (χ0v) is 8.19. The van der Waals surface area contributed by atoms with Gasteiger partial charge in [0.1, 0.15) is 0 Å². The topological polar surface area (TPSA) is 113 Å². The summed E-state index contributed by atoms with van der Waals surface area (Å²) in [5.41, 5.74) is 0. The van der Waals surface area contributed by atoms with Gasteiger partial charge in [-0.1, -0.05) is 0 Å². The molecule has 0 aromatic carbocycles. The summed E-state index contributed by atoms with van der Waals surface area (Å²) in [5.74, 6) is 0. The summed E-state index contributed by atoms with van der Waals surface area (Å²) in [5, 5.41) is 0. The van der Waals surface area contributed by atoms with Crippen LogP contribution in [-0.2, 0) is 4.57 Å². The molecule has 0 fully saturated rings. The van der Waals surface area contributed by atoms with E-state index in [-0.39, 0.29) is 32.7 Å². The molecule has 0 heterocycles. The molecular weight excluding hydrogens is 318 g/mol. The molecule has 0 saturated carbocycles. The van der Waals surface area contributed by atoms with E-state index in [4.69, 9.17) is 19.2 Å². The van der Waals surface area contributed by atoms with E-state index in [1.807, 2.05) is 0 Å². The van der Waals surface area contributed by atoms with Crippen LogP contribution in [-0.4, -0.2) is 41.2 Å². The van der Waals surface area contributed by atoms with Gasteiger partial charge in [-0.05, 0) is 0 Å². The van der Waals surface area contributed by atoms with Crippen molar-refractivity contribution in [1.82, 2.24) is 6.15 Å². The predicted molar refractivity (Wildman–Crippen MR) is 27.8 cm³/mol. The molecule has 0 aromatic rings. The zero-order valence-electron chi connectivity index (χ0n) is 3.40. The van der Waals surface area contributed by atoms with Gasteiger partial charge in [0.15, 0.2) is 0 Å². The van der Waals surface area contributed by atoms with Crippen molar-refractivity contribution in [2.24, 2.45) is 0 Å². The van der Waals surface area contributed by atoms with E-state index < -0.39 is 7.82 Å². The summed E-state index contributed by atoms with van der Waals surface area (Å²) < 4.78 is 8.88. The Balaban J connectivity index is -0.0000000800. The average Bonchev–Trinajstić information content (AvgIpc) is 0.722. The molecule has 0 amide bonds. The number of rotatable bonds is 0. The molecule has 0 aliphatic heterocycles. The van der Waals surface area contributed by atoms with Crippen LogP contribution in [0.5, 0.6) is 0 Å². The van der Waals surface area contributed by atoms with Gasteiger partial charge in [0.05, 0.1) is 0 Å². The fourth-order valence-electron chi connectivity index (χ4n) is 0. The van der Waals surface area contributed by atoms with Crippen LogP contribution in [0.15, 0.2) is 0 Å². The molecule has 0 aliphatic rings. The Bertz CT molecular complexity index is 57.8. The first-order valence-corrected chi connectivity index (χ1v) is 2.35. The molecule has 0 saturated heterocycles. The first-order valence-electron chi connectivity index (χ1n) is 0.783. The van der Waals surface area contributed by atoms with Gasteiger partial charge in [-0.2, -0.15) is 0 Å². The van der Waals surface area contributed by atoms with E-state index in [1.54, 1.807) is 0 Å². The van der Waals surface area contributed by atoms with Crippen LogP contribution in [0.4, 0.5) is 0 Å². The SMILES string of the molecule is N.O=P(O)(O)O.[PoH2]. The zero-order chi connectivity index (χ0) is 4.50. The van der Waals surface area contributed by atoms with Crippen molar-refractivity contribution in [2.45, 2.75) is 0 Å². The molecule has 0 radical (unpaired) electrons. The molecule has 0 rings (SSSR count). The Morgan fingerprint density at radius 3 is 1.14 bits per heavy atom. The van der Waals surface area contributed by atoms with E-state index in [0.717, 1.165) is 0 Å². The minimum absolute atomic E-state index is 0. The molecule has 0 aromatic heterocycles. The van der Waals surface area contributed by atoms with Crippen LogP contribution < -0.4 is 6.15 Å². The van der Waals surface area contributed by atoms with Crippen molar-refractivity contribution in [3.05, 3.63) is 0 Å². The summed E-state index contributed by atoms with van der Waals surface area (Å²) in [7, 11) is -4.64. The van der Waals surface area contributed by atoms with E-state index in [1.165, 1.54) is 0 Å². The van der Waals surface area contributed by atoms with Crippen LogP contribution >= 0.6 is 7.82 Å². The molecule has 0 spiro atoms. The van der Waals surface area contributed by atoms with Crippen LogP contribution in [0.3, 0.4) is 0 Å². The van der Waals surface area contributed by atoms with Crippen molar-refractivity contribution in [3.63, 3.8) is 0 Å². The Hall–Kier alpha value is 0.966. The second-order valence-corrected chi connectivity index (χ2v) is 1.54. The molecule has 7 heteroatoms. The Labute approximate surface area is 60.0 Å². The average molecular weight is 326 g/mol. The van der Waals surface area contributed by atoms with Crippen molar-refractivity contribution in [3.8, 4) is 0 Å². The van der Waals surface area contributed by atoms with E-state index in [0.29, 0.717) is 0 Å². The number of hydrogen-bond donors (Lipinski definition) is 4. The summed E-state index contributed by atoms with van der Waals surface area (Å²) >= 11 is 0. The van der Waals surface area contributed by atoms with Crippen LogP contribution in [0, 0.1) is 0 Å². The van der Waals surface area contributed by atoms with Crippen molar-refractivity contribution in [2.75, 3.05) is 0 Å². The first kappa shape index (κ1) is 15.7. The molecule has 48 valence electrons. The fraction of sp³-hybridized carbons (Fsp3) is 0.